The molecule has 0 saturated carbocycles. The molecule has 0 heterocycles. The van der Waals surface area contributed by atoms with Crippen LogP contribution in [0.25, 0.3) is 0 Å². The number of carbonyl (C=O) groups excluding carboxylic acids is 3. The number of rotatable bonds is 7. The van der Waals surface area contributed by atoms with Crippen molar-refractivity contribution >= 4 is 18.0 Å². The zero-order valence-electron chi connectivity index (χ0n) is 23.5. The Balaban J connectivity index is 1.67. The molecule has 0 bridgehead atoms. The number of hydrogen-bond acceptors (Lipinski definition) is 8. The Morgan fingerprint density at radius 2 is 1.66 bits per heavy atom. The minimum absolute atomic E-state index is 0.0142. The zero-order chi connectivity index (χ0) is 29.6. The fourth-order valence-corrected chi connectivity index (χ4v) is 4.75. The molecule has 0 fully saturated rings. The van der Waals surface area contributed by atoms with Gasteiger partial charge in [0.25, 0.3) is 0 Å². The Bertz CT molecular complexity index is 1490. The number of nitriles is 1. The second-order valence-electron chi connectivity index (χ2n) is 10.7. The Morgan fingerprint density at radius 1 is 0.951 bits per heavy atom. The first kappa shape index (κ1) is 29.2. The summed E-state index contributed by atoms with van der Waals surface area (Å²) < 4.78 is 22.3. The second-order valence-corrected chi connectivity index (χ2v) is 10.7. The van der Waals surface area contributed by atoms with Crippen LogP contribution in [0.5, 0.6) is 11.5 Å². The maximum atomic E-state index is 13.1. The Kier molecular flexibility index (Phi) is 8.62. The summed E-state index contributed by atoms with van der Waals surface area (Å²) in [7, 11) is 1.25. The number of benzene rings is 3. The van der Waals surface area contributed by atoms with Gasteiger partial charge in [-0.05, 0) is 69.0 Å². The SMILES string of the molecule is COC(=O)[C@]1(NC(=O)OC(C)(C)C)CCc2c(C#N)ccc(Oc3ccccc3C(=O)OCc3ccccc3)c2C1. The van der Waals surface area contributed by atoms with E-state index in [1.165, 1.54) is 7.11 Å². The number of fused-ring (bicyclic) bond motifs is 1. The van der Waals surface area contributed by atoms with E-state index >= 15 is 0 Å². The number of nitrogens with one attached hydrogen (secondary N) is 1. The smallest absolute Gasteiger partial charge is 0.408 e. The van der Waals surface area contributed by atoms with E-state index < -0.39 is 29.2 Å². The summed E-state index contributed by atoms with van der Waals surface area (Å²) in [6.45, 7) is 5.27. The lowest BCUT2D eigenvalue weighted by Crippen LogP contribution is -2.59. The van der Waals surface area contributed by atoms with Crippen molar-refractivity contribution in [1.82, 2.24) is 5.32 Å². The minimum Gasteiger partial charge on any atom is -0.467 e. The van der Waals surface area contributed by atoms with Gasteiger partial charge in [0.1, 0.15) is 34.8 Å². The highest BCUT2D eigenvalue weighted by Crippen LogP contribution is 2.39. The van der Waals surface area contributed by atoms with E-state index in [-0.39, 0.29) is 30.8 Å². The summed E-state index contributed by atoms with van der Waals surface area (Å²) in [6.07, 6.45) is -0.301. The number of ether oxygens (including phenoxy) is 4. The van der Waals surface area contributed by atoms with Crippen molar-refractivity contribution in [2.45, 2.75) is 57.8 Å². The highest BCUT2D eigenvalue weighted by molar-refractivity contribution is 5.92. The standard InChI is InChI=1S/C32H32N2O7/c1-31(2,3)41-30(37)34-32(29(36)38-4)17-16-23-22(19-33)14-15-27(25(23)18-32)40-26-13-9-8-12-24(26)28(35)39-20-21-10-6-5-7-11-21/h5-15H,16-18,20H2,1-4H3,(H,34,37)/t32-/m0/s1. The van der Waals surface area contributed by atoms with Crippen molar-refractivity contribution in [3.63, 3.8) is 0 Å². The number of hydrogen-bond donors (Lipinski definition) is 1. The Hall–Kier alpha value is -4.84. The maximum absolute atomic E-state index is 13.1. The molecule has 1 aliphatic carbocycles. The van der Waals surface area contributed by atoms with E-state index in [0.29, 0.717) is 28.9 Å². The monoisotopic (exact) mass is 556 g/mol. The number of esters is 2. The highest BCUT2D eigenvalue weighted by atomic mass is 16.6. The van der Waals surface area contributed by atoms with Crippen LogP contribution >= 0.6 is 0 Å². The predicted octanol–water partition coefficient (Wildman–Crippen LogP) is 5.63. The molecule has 0 saturated heterocycles. The topological polar surface area (TPSA) is 124 Å². The average molecular weight is 557 g/mol. The fourth-order valence-electron chi connectivity index (χ4n) is 4.75. The van der Waals surface area contributed by atoms with Gasteiger partial charge >= 0.3 is 18.0 Å². The third-order valence-corrected chi connectivity index (χ3v) is 6.64. The Morgan fingerprint density at radius 3 is 2.34 bits per heavy atom. The van der Waals surface area contributed by atoms with Gasteiger partial charge in [0.15, 0.2) is 0 Å². The molecular formula is C32H32N2O7. The maximum Gasteiger partial charge on any atom is 0.408 e. The number of carbonyl (C=O) groups is 3. The molecule has 0 unspecified atom stereocenters. The predicted molar refractivity (Wildman–Crippen MR) is 149 cm³/mol. The lowest BCUT2D eigenvalue weighted by molar-refractivity contribution is -0.149. The van der Waals surface area contributed by atoms with Crippen molar-refractivity contribution in [3.05, 3.63) is 94.5 Å². The molecule has 0 radical (unpaired) electrons. The first-order valence-corrected chi connectivity index (χ1v) is 13.2. The summed E-state index contributed by atoms with van der Waals surface area (Å²) in [6, 6.07) is 21.4. The number of amides is 1. The van der Waals surface area contributed by atoms with Crippen molar-refractivity contribution < 1.29 is 33.3 Å². The van der Waals surface area contributed by atoms with Gasteiger partial charge in [0.05, 0.1) is 18.7 Å². The van der Waals surface area contributed by atoms with Crippen LogP contribution in [0.2, 0.25) is 0 Å². The van der Waals surface area contributed by atoms with E-state index in [1.54, 1.807) is 57.2 Å². The van der Waals surface area contributed by atoms with Crippen molar-refractivity contribution in [1.29, 1.82) is 5.26 Å². The summed E-state index contributed by atoms with van der Waals surface area (Å²) in [4.78, 5) is 38.9. The van der Waals surface area contributed by atoms with Crippen molar-refractivity contribution in [2.24, 2.45) is 0 Å². The molecule has 0 aliphatic heterocycles. The molecule has 0 aromatic heterocycles. The van der Waals surface area contributed by atoms with Gasteiger partial charge in [0.2, 0.25) is 0 Å². The van der Waals surface area contributed by atoms with E-state index in [2.05, 4.69) is 11.4 Å². The summed E-state index contributed by atoms with van der Waals surface area (Å²) >= 11 is 0. The van der Waals surface area contributed by atoms with E-state index in [0.717, 1.165) is 5.56 Å². The molecular weight excluding hydrogens is 524 g/mol. The molecule has 41 heavy (non-hydrogen) atoms. The van der Waals surface area contributed by atoms with E-state index in [1.807, 2.05) is 30.3 Å². The molecule has 9 nitrogen and oxygen atoms in total. The highest BCUT2D eigenvalue weighted by Gasteiger charge is 2.46. The molecule has 1 N–H and O–H groups in total. The van der Waals surface area contributed by atoms with Crippen LogP contribution in [-0.4, -0.2) is 36.3 Å². The normalized spacial score (nSPS) is 16.0. The minimum atomic E-state index is -1.45. The van der Waals surface area contributed by atoms with Crippen LogP contribution in [-0.2, 0) is 38.5 Å². The Labute approximate surface area is 239 Å². The fraction of sp³-hybridized carbons (Fsp3) is 0.312. The van der Waals surface area contributed by atoms with Gasteiger partial charge < -0.3 is 24.3 Å². The first-order chi connectivity index (χ1) is 19.5. The molecule has 1 amide bonds. The van der Waals surface area contributed by atoms with Gasteiger partial charge in [-0.3, -0.25) is 0 Å². The molecule has 1 atom stereocenters. The third kappa shape index (κ3) is 6.84. The number of alkyl carbamates (subject to hydrolysis) is 1. The van der Waals surface area contributed by atoms with Gasteiger partial charge in [0, 0.05) is 12.0 Å². The summed E-state index contributed by atoms with van der Waals surface area (Å²) in [5, 5.41) is 12.5. The lowest BCUT2D eigenvalue weighted by Gasteiger charge is -2.37. The van der Waals surface area contributed by atoms with Crippen LogP contribution in [0.15, 0.2) is 66.7 Å². The van der Waals surface area contributed by atoms with Crippen LogP contribution in [0, 0.1) is 11.3 Å². The molecule has 4 rings (SSSR count). The largest absolute Gasteiger partial charge is 0.467 e. The average Bonchev–Trinajstić information content (AvgIpc) is 2.95. The third-order valence-electron chi connectivity index (χ3n) is 6.64. The number of para-hydroxylation sites is 1. The van der Waals surface area contributed by atoms with Gasteiger partial charge in [-0.2, -0.15) is 5.26 Å². The molecule has 212 valence electrons. The van der Waals surface area contributed by atoms with Crippen LogP contribution < -0.4 is 10.1 Å². The first-order valence-electron chi connectivity index (χ1n) is 13.2. The van der Waals surface area contributed by atoms with Crippen LogP contribution in [0.1, 0.15) is 59.8 Å². The summed E-state index contributed by atoms with van der Waals surface area (Å²) in [5.41, 5.74) is 0.488. The van der Waals surface area contributed by atoms with Crippen molar-refractivity contribution in [3.8, 4) is 17.6 Å². The van der Waals surface area contributed by atoms with Crippen LogP contribution in [0.3, 0.4) is 0 Å². The van der Waals surface area contributed by atoms with E-state index in [9.17, 15) is 19.6 Å². The number of methoxy groups -OCH3 is 1. The lowest BCUT2D eigenvalue weighted by atomic mass is 9.76. The van der Waals surface area contributed by atoms with E-state index in [4.69, 9.17) is 18.9 Å². The van der Waals surface area contributed by atoms with Crippen molar-refractivity contribution in [2.75, 3.05) is 7.11 Å². The molecule has 1 aliphatic rings. The van der Waals surface area contributed by atoms with Gasteiger partial charge in [-0.25, -0.2) is 14.4 Å². The quantitative estimate of drug-likeness (QED) is 0.293. The molecule has 3 aromatic carbocycles. The zero-order valence-corrected chi connectivity index (χ0v) is 23.5. The molecule has 9 heteroatoms. The second kappa shape index (κ2) is 12.1. The molecule has 3 aromatic rings. The summed E-state index contributed by atoms with van der Waals surface area (Å²) in [5.74, 6) is -0.636. The number of nitrogens with zero attached hydrogens (tertiary/aromatic N) is 1. The van der Waals surface area contributed by atoms with Gasteiger partial charge in [-0.15, -0.1) is 0 Å². The van der Waals surface area contributed by atoms with Gasteiger partial charge in [-0.1, -0.05) is 42.5 Å². The van der Waals surface area contributed by atoms with Crippen LogP contribution in [0.4, 0.5) is 4.79 Å². The molecule has 0 spiro atoms.